The van der Waals surface area contributed by atoms with E-state index in [0.29, 0.717) is 0 Å². The van der Waals surface area contributed by atoms with Gasteiger partial charge in [0.05, 0.1) is 0 Å². The molecule has 2 N–H and O–H groups in total. The van der Waals surface area contributed by atoms with Crippen molar-refractivity contribution in [2.45, 2.75) is 39.5 Å². The average Bonchev–Trinajstić information content (AvgIpc) is 2.32. The molecule has 0 saturated carbocycles. The Balaban J connectivity index is -0.00000000974. The summed E-state index contributed by atoms with van der Waals surface area (Å²) in [5, 5.41) is 0. The van der Waals surface area contributed by atoms with Gasteiger partial charge in [-0.25, -0.2) is 0 Å². The summed E-state index contributed by atoms with van der Waals surface area (Å²) in [6.07, 6.45) is 4.56. The average molecular weight is 560 g/mol. The Hall–Kier alpha value is 3.81. The Labute approximate surface area is 227 Å². The Morgan fingerprint density at radius 2 is 0.909 bits per heavy atom. The largest absolute Gasteiger partial charge is 2.00 e. The van der Waals surface area contributed by atoms with Crippen LogP contribution in [0.5, 0.6) is 0 Å². The van der Waals surface area contributed by atoms with E-state index in [9.17, 15) is 0 Å². The topological polar surface area (TPSA) is 81.7 Å². The van der Waals surface area contributed by atoms with Crippen LogP contribution in [0.2, 0.25) is 0 Å². The Bertz CT molecular complexity index is 101. The molecule has 0 heterocycles. The smallest absolute Gasteiger partial charge is 0.671 e. The Morgan fingerprint density at radius 1 is 0.864 bits per heavy atom. The molecule has 0 spiro atoms. The zero-order valence-corrected chi connectivity index (χ0v) is 23.9. The van der Waals surface area contributed by atoms with Crippen molar-refractivity contribution in [1.82, 2.24) is 0 Å². The standard InChI is InChI=1S/2C4H9.2CH3NO.2ClH.6Ti/c2*1-3-4-2;2*2-1-3;;;;;;;;/h2*1,3-4H2,2H3;2*1H,(H2,2,3);2*1H;;;;;;/q2*-1;;;;;;;;;2*+2/p-4. The summed E-state index contributed by atoms with van der Waals surface area (Å²) in [5.41, 5.74) is 11.1. The number of unbranched alkanes of at least 4 members (excludes halogenated alkanes) is 2. The zero-order chi connectivity index (χ0) is 14.9. The molecule has 0 aromatic carbocycles. The molecular weight excluding hydrogens is 538 g/mol. The SMILES string of the molecule is [CH2-]CCC.[CH2-]CCC.[Cl][Ti][Cl].[NH-]C=O.[NH-]C=O.[Ti+2].[Ti].[Ti].[Ti].[Ti]. The van der Waals surface area contributed by atoms with Crippen LogP contribution in [0.25, 0.3) is 11.5 Å². The molecule has 0 bridgehead atoms. The summed E-state index contributed by atoms with van der Waals surface area (Å²) in [6.45, 7) is 11.4. The zero-order valence-electron chi connectivity index (χ0n) is 13.0. The molecule has 0 aliphatic rings. The van der Waals surface area contributed by atoms with Crippen molar-refractivity contribution >= 4 is 31.4 Å². The van der Waals surface area contributed by atoms with Crippen molar-refractivity contribution < 1.29 is 135 Å². The van der Waals surface area contributed by atoms with Crippen LogP contribution in [0.3, 0.4) is 0 Å². The first-order chi connectivity index (χ1) is 8.07. The van der Waals surface area contributed by atoms with E-state index in [0.717, 1.165) is 12.8 Å². The molecule has 0 saturated heterocycles. The number of carbonyl (C=O) groups is 2. The maximum absolute atomic E-state index is 8.47. The summed E-state index contributed by atoms with van der Waals surface area (Å²) in [7, 11) is 9.78. The van der Waals surface area contributed by atoms with E-state index in [1.165, 1.54) is 12.8 Å². The molecule has 0 aromatic heterocycles. The Morgan fingerprint density at radius 3 is 0.909 bits per heavy atom. The normalized spacial score (nSPS) is 4.45. The number of hydrogen-bond acceptors (Lipinski definition) is 2. The van der Waals surface area contributed by atoms with Crippen LogP contribution in [0, 0.1) is 13.8 Å². The summed E-state index contributed by atoms with van der Waals surface area (Å²) >= 11 is -0.556. The van der Waals surface area contributed by atoms with E-state index in [2.05, 4.69) is 27.7 Å². The van der Waals surface area contributed by atoms with Gasteiger partial charge in [-0.3, -0.25) is 0 Å². The molecule has 0 fully saturated rings. The van der Waals surface area contributed by atoms with E-state index < -0.39 is 17.0 Å². The van der Waals surface area contributed by atoms with Gasteiger partial charge in [0.15, 0.2) is 0 Å². The molecule has 0 aromatic rings. The molecule has 0 atom stereocenters. The van der Waals surface area contributed by atoms with Gasteiger partial charge >= 0.3 is 57.4 Å². The summed E-state index contributed by atoms with van der Waals surface area (Å²) in [6, 6.07) is 0. The van der Waals surface area contributed by atoms with Crippen molar-refractivity contribution in [3.8, 4) is 0 Å². The van der Waals surface area contributed by atoms with Gasteiger partial charge in [-0.05, 0) is 0 Å². The minimum atomic E-state index is -0.556. The van der Waals surface area contributed by atoms with Crippen LogP contribution >= 0.6 is 18.6 Å². The first-order valence-corrected chi connectivity index (χ1v) is 9.14. The van der Waals surface area contributed by atoms with Crippen LogP contribution in [0.4, 0.5) is 0 Å². The van der Waals surface area contributed by atoms with E-state index >= 15 is 0 Å². The fourth-order valence-electron chi connectivity index (χ4n) is 0. The third-order valence-corrected chi connectivity index (χ3v) is 0.707. The molecule has 124 valence electrons. The number of carbonyl (C=O) groups excluding carboxylic acids is 2. The van der Waals surface area contributed by atoms with Gasteiger partial charge in [-0.2, -0.15) is 12.8 Å². The van der Waals surface area contributed by atoms with Gasteiger partial charge in [-0.1, -0.05) is 26.7 Å². The second-order valence-corrected chi connectivity index (χ2v) is 4.59. The molecule has 0 rings (SSSR count). The predicted octanol–water partition coefficient (Wildman–Crippen LogP) is 5.00. The summed E-state index contributed by atoms with van der Waals surface area (Å²) in [4.78, 5) is 16.9. The molecule has 4 nitrogen and oxygen atoms in total. The molecule has 0 radical (unpaired) electrons. The van der Waals surface area contributed by atoms with Crippen LogP contribution in [-0.2, 0) is 135 Å². The van der Waals surface area contributed by atoms with Crippen LogP contribution in [-0.4, -0.2) is 12.8 Å². The number of rotatable bonds is 2. The predicted molar refractivity (Wildman–Crippen MR) is 73.0 cm³/mol. The van der Waals surface area contributed by atoms with Gasteiger partial charge < -0.3 is 34.9 Å². The van der Waals surface area contributed by atoms with E-state index in [1.54, 1.807) is 0 Å². The minimum Gasteiger partial charge on any atom is -0.671 e. The molecule has 2 amide bonds. The number of nitrogens with one attached hydrogen (secondary N) is 2. The molecule has 0 unspecified atom stereocenters. The van der Waals surface area contributed by atoms with E-state index in [1.807, 2.05) is 0 Å². The molecule has 12 heteroatoms. The van der Waals surface area contributed by atoms with Crippen molar-refractivity contribution in [2.24, 2.45) is 0 Å². The van der Waals surface area contributed by atoms with Gasteiger partial charge in [0.25, 0.3) is 0 Å². The van der Waals surface area contributed by atoms with Gasteiger partial charge in [0, 0.05) is 99.7 Å². The summed E-state index contributed by atoms with van der Waals surface area (Å²) in [5.74, 6) is 0. The molecular formula is C10H22Cl2N2O2Ti6-2. The molecule has 0 aliphatic heterocycles. The maximum Gasteiger partial charge on any atom is 2.00 e. The van der Waals surface area contributed by atoms with Crippen molar-refractivity contribution in [3.63, 3.8) is 0 Å². The number of amides is 2. The third-order valence-electron chi connectivity index (χ3n) is 0.707. The molecule has 0 aliphatic carbocycles. The van der Waals surface area contributed by atoms with E-state index in [-0.39, 0.29) is 121 Å². The van der Waals surface area contributed by atoms with Gasteiger partial charge in [0.2, 0.25) is 0 Å². The quantitative estimate of drug-likeness (QED) is 0.271. The van der Waals surface area contributed by atoms with Crippen molar-refractivity contribution in [3.05, 3.63) is 25.3 Å². The second kappa shape index (κ2) is 120. The number of halogens is 2. The van der Waals surface area contributed by atoms with Crippen molar-refractivity contribution in [1.29, 1.82) is 0 Å². The van der Waals surface area contributed by atoms with Crippen LogP contribution in [0.1, 0.15) is 39.5 Å². The third kappa shape index (κ3) is 367. The molecule has 22 heavy (non-hydrogen) atoms. The fraction of sp³-hybridized carbons (Fsp3) is 0.600. The maximum atomic E-state index is 8.47. The van der Waals surface area contributed by atoms with Gasteiger partial charge in [0.1, 0.15) is 0 Å². The van der Waals surface area contributed by atoms with Crippen LogP contribution in [0.15, 0.2) is 0 Å². The minimum absolute atomic E-state index is 0. The number of hydrogen-bond donors (Lipinski definition) is 0. The first kappa shape index (κ1) is 63.6. The second-order valence-electron chi connectivity index (χ2n) is 2.01. The van der Waals surface area contributed by atoms with Gasteiger partial charge in [-0.15, -0.1) is 0 Å². The van der Waals surface area contributed by atoms with E-state index in [4.69, 9.17) is 39.7 Å². The van der Waals surface area contributed by atoms with Crippen molar-refractivity contribution in [2.75, 3.05) is 0 Å². The summed E-state index contributed by atoms with van der Waals surface area (Å²) < 4.78 is 0. The Kier molecular flexibility index (Phi) is 348. The monoisotopic (exact) mass is 560 g/mol. The van der Waals surface area contributed by atoms with Crippen LogP contribution < -0.4 is 0 Å². The first-order valence-electron chi connectivity index (χ1n) is 4.84. The fourth-order valence-corrected chi connectivity index (χ4v) is 0.